The van der Waals surface area contributed by atoms with Crippen LogP contribution in [0.1, 0.15) is 43.9 Å². The fraction of sp³-hybridized carbons (Fsp3) is 0.345. The molecular formula is C29H34FN5. The molecule has 0 bridgehead atoms. The van der Waals surface area contributed by atoms with Gasteiger partial charge in [-0.3, -0.25) is 4.90 Å². The summed E-state index contributed by atoms with van der Waals surface area (Å²) in [7, 11) is 0. The molecule has 1 fully saturated rings. The summed E-state index contributed by atoms with van der Waals surface area (Å²) in [5.74, 6) is 0.509. The second-order valence-corrected chi connectivity index (χ2v) is 9.31. The van der Waals surface area contributed by atoms with Gasteiger partial charge in [-0.05, 0) is 30.0 Å². The van der Waals surface area contributed by atoms with Crippen molar-refractivity contribution >= 4 is 22.7 Å². The number of aromatic amines is 1. The third kappa shape index (κ3) is 5.03. The molecule has 6 heteroatoms. The van der Waals surface area contributed by atoms with Crippen molar-refractivity contribution in [1.82, 2.24) is 14.9 Å². The Labute approximate surface area is 207 Å². The molecule has 182 valence electrons. The highest BCUT2D eigenvalue weighted by molar-refractivity contribution is 5.82. The average molecular weight is 472 g/mol. The number of nitrogens with zero attached hydrogens (tertiary/aromatic N) is 3. The Bertz CT molecular complexity index is 1190. The van der Waals surface area contributed by atoms with E-state index in [-0.39, 0.29) is 11.9 Å². The van der Waals surface area contributed by atoms with Gasteiger partial charge in [-0.1, -0.05) is 74.5 Å². The molecule has 1 saturated heterocycles. The normalized spacial score (nSPS) is 14.8. The summed E-state index contributed by atoms with van der Waals surface area (Å²) in [6.45, 7) is 7.55. The number of halogens is 1. The summed E-state index contributed by atoms with van der Waals surface area (Å²) in [4.78, 5) is 12.6. The van der Waals surface area contributed by atoms with Crippen LogP contribution in [0.2, 0.25) is 0 Å². The fourth-order valence-corrected chi connectivity index (χ4v) is 5.12. The Morgan fingerprint density at radius 1 is 0.886 bits per heavy atom. The highest BCUT2D eigenvalue weighted by atomic mass is 19.1. The van der Waals surface area contributed by atoms with Crippen LogP contribution < -0.4 is 10.2 Å². The number of piperazine rings is 1. The molecule has 0 atom stereocenters. The number of anilines is 2. The first-order chi connectivity index (χ1) is 17.2. The van der Waals surface area contributed by atoms with Crippen molar-refractivity contribution in [3.05, 3.63) is 89.7 Å². The molecule has 0 aliphatic carbocycles. The summed E-state index contributed by atoms with van der Waals surface area (Å²) < 4.78 is 15.2. The number of benzene rings is 3. The lowest BCUT2D eigenvalue weighted by molar-refractivity contribution is 0.212. The van der Waals surface area contributed by atoms with E-state index in [0.29, 0.717) is 17.7 Å². The van der Waals surface area contributed by atoms with Crippen molar-refractivity contribution in [2.75, 3.05) is 36.4 Å². The number of rotatable bonds is 8. The van der Waals surface area contributed by atoms with Gasteiger partial charge in [0.15, 0.2) is 0 Å². The molecule has 5 rings (SSSR count). The Balaban J connectivity index is 1.34. The summed E-state index contributed by atoms with van der Waals surface area (Å²) in [6, 6.07) is 25.3. The highest BCUT2D eigenvalue weighted by Gasteiger charge is 2.27. The van der Waals surface area contributed by atoms with Crippen molar-refractivity contribution in [2.45, 2.75) is 38.8 Å². The van der Waals surface area contributed by atoms with E-state index >= 15 is 4.39 Å². The van der Waals surface area contributed by atoms with E-state index in [9.17, 15) is 0 Å². The largest absolute Gasteiger partial charge is 0.367 e. The quantitative estimate of drug-likeness (QED) is 0.321. The molecule has 1 aliphatic rings. The number of aromatic nitrogens is 2. The maximum Gasteiger partial charge on any atom is 0.201 e. The molecule has 0 spiro atoms. The molecule has 1 aromatic heterocycles. The lowest BCUT2D eigenvalue weighted by Crippen LogP contribution is -2.48. The van der Waals surface area contributed by atoms with Gasteiger partial charge in [-0.15, -0.1) is 0 Å². The van der Waals surface area contributed by atoms with Crippen molar-refractivity contribution in [3.63, 3.8) is 0 Å². The van der Waals surface area contributed by atoms with Gasteiger partial charge < -0.3 is 15.2 Å². The molecule has 1 aliphatic heterocycles. The molecule has 4 aromatic rings. The monoisotopic (exact) mass is 471 g/mol. The number of hydrogen-bond acceptors (Lipinski definition) is 4. The van der Waals surface area contributed by atoms with Crippen LogP contribution in [0.15, 0.2) is 72.8 Å². The first-order valence-electron chi connectivity index (χ1n) is 12.7. The minimum absolute atomic E-state index is 0.192. The summed E-state index contributed by atoms with van der Waals surface area (Å²) >= 11 is 0. The van der Waals surface area contributed by atoms with E-state index in [2.05, 4.69) is 94.6 Å². The number of imidazole rings is 1. The van der Waals surface area contributed by atoms with Crippen LogP contribution in [0.3, 0.4) is 0 Å². The third-order valence-electron chi connectivity index (χ3n) is 7.13. The minimum atomic E-state index is -0.202. The third-order valence-corrected chi connectivity index (χ3v) is 7.13. The maximum absolute atomic E-state index is 15.2. The van der Waals surface area contributed by atoms with Gasteiger partial charge in [-0.2, -0.15) is 0 Å². The first-order valence-corrected chi connectivity index (χ1v) is 12.7. The predicted molar refractivity (Wildman–Crippen MR) is 143 cm³/mol. The summed E-state index contributed by atoms with van der Waals surface area (Å²) in [5, 5.41) is 3.43. The topological polar surface area (TPSA) is 47.2 Å². The Kier molecular flexibility index (Phi) is 7.00. The zero-order valence-electron chi connectivity index (χ0n) is 20.5. The Morgan fingerprint density at radius 2 is 1.49 bits per heavy atom. The molecule has 3 aromatic carbocycles. The van der Waals surface area contributed by atoms with Crippen LogP contribution >= 0.6 is 0 Å². The van der Waals surface area contributed by atoms with E-state index in [1.807, 2.05) is 6.07 Å². The standard InChI is InChI=1S/C29H34FN5/c1-3-23(4-2)31-29-32-25-19-24(30)27(20-26(25)33-29)34-15-17-35(18-16-34)28(21-11-7-5-8-12-21)22-13-9-6-10-14-22/h5-14,19-20,23,28H,3-4,15-18H2,1-2H3,(H2,31,32,33). The van der Waals surface area contributed by atoms with Gasteiger partial charge in [0.25, 0.3) is 0 Å². The van der Waals surface area contributed by atoms with Gasteiger partial charge in [0.1, 0.15) is 5.82 Å². The van der Waals surface area contributed by atoms with Crippen molar-refractivity contribution in [2.24, 2.45) is 0 Å². The smallest absolute Gasteiger partial charge is 0.201 e. The molecular weight excluding hydrogens is 437 g/mol. The van der Waals surface area contributed by atoms with Crippen LogP contribution in [0.4, 0.5) is 16.0 Å². The lowest BCUT2D eigenvalue weighted by atomic mass is 9.96. The molecule has 0 saturated carbocycles. The van der Waals surface area contributed by atoms with Gasteiger partial charge in [0.2, 0.25) is 5.95 Å². The summed E-state index contributed by atoms with van der Waals surface area (Å²) in [6.07, 6.45) is 2.04. The van der Waals surface area contributed by atoms with Crippen LogP contribution in [0.5, 0.6) is 0 Å². The molecule has 0 amide bonds. The van der Waals surface area contributed by atoms with Gasteiger partial charge in [-0.25, -0.2) is 9.37 Å². The van der Waals surface area contributed by atoms with E-state index < -0.39 is 0 Å². The van der Waals surface area contributed by atoms with Crippen LogP contribution in [0.25, 0.3) is 11.0 Å². The van der Waals surface area contributed by atoms with E-state index in [1.54, 1.807) is 6.07 Å². The lowest BCUT2D eigenvalue weighted by Gasteiger charge is -2.40. The minimum Gasteiger partial charge on any atom is -0.367 e. The van der Waals surface area contributed by atoms with Gasteiger partial charge in [0.05, 0.1) is 22.8 Å². The second-order valence-electron chi connectivity index (χ2n) is 9.31. The van der Waals surface area contributed by atoms with Crippen LogP contribution in [-0.2, 0) is 0 Å². The highest BCUT2D eigenvalue weighted by Crippen LogP contribution is 2.32. The second kappa shape index (κ2) is 10.5. The average Bonchev–Trinajstić information content (AvgIpc) is 3.30. The Morgan fingerprint density at radius 3 is 2.06 bits per heavy atom. The molecule has 5 nitrogen and oxygen atoms in total. The molecule has 0 unspecified atom stereocenters. The van der Waals surface area contributed by atoms with Gasteiger partial charge >= 0.3 is 0 Å². The number of H-pyrrole nitrogens is 1. The fourth-order valence-electron chi connectivity index (χ4n) is 5.12. The first kappa shape index (κ1) is 23.4. The predicted octanol–water partition coefficient (Wildman–Crippen LogP) is 6.21. The number of hydrogen-bond donors (Lipinski definition) is 2. The maximum atomic E-state index is 15.2. The summed E-state index contributed by atoms with van der Waals surface area (Å²) in [5.41, 5.74) is 4.73. The zero-order valence-corrected chi connectivity index (χ0v) is 20.5. The van der Waals surface area contributed by atoms with E-state index in [1.165, 1.54) is 11.1 Å². The number of nitrogens with one attached hydrogen (secondary N) is 2. The van der Waals surface area contributed by atoms with E-state index in [4.69, 9.17) is 4.98 Å². The van der Waals surface area contributed by atoms with Gasteiger partial charge in [0, 0.05) is 38.3 Å². The van der Waals surface area contributed by atoms with Crippen molar-refractivity contribution < 1.29 is 4.39 Å². The molecule has 35 heavy (non-hydrogen) atoms. The zero-order chi connectivity index (χ0) is 24.2. The Hall–Kier alpha value is -3.38. The number of fused-ring (bicyclic) bond motifs is 1. The van der Waals surface area contributed by atoms with Crippen molar-refractivity contribution in [1.29, 1.82) is 0 Å². The molecule has 0 radical (unpaired) electrons. The molecule has 2 heterocycles. The van der Waals surface area contributed by atoms with Crippen LogP contribution in [-0.4, -0.2) is 47.1 Å². The van der Waals surface area contributed by atoms with Crippen LogP contribution in [0, 0.1) is 5.82 Å². The van der Waals surface area contributed by atoms with E-state index in [0.717, 1.165) is 50.1 Å². The van der Waals surface area contributed by atoms with Crippen molar-refractivity contribution in [3.8, 4) is 0 Å². The molecule has 2 N–H and O–H groups in total. The SMILES string of the molecule is CCC(CC)Nc1nc2cc(N3CCN(C(c4ccccc4)c4ccccc4)CC3)c(F)cc2[nH]1.